The van der Waals surface area contributed by atoms with E-state index in [1.54, 1.807) is 30.3 Å². The van der Waals surface area contributed by atoms with Crippen LogP contribution in [0.25, 0.3) is 0 Å². The van der Waals surface area contributed by atoms with Crippen LogP contribution in [0.3, 0.4) is 0 Å². The van der Waals surface area contributed by atoms with E-state index in [1.165, 1.54) is 36.8 Å². The Kier molecular flexibility index (Phi) is 5.70. The second-order valence-corrected chi connectivity index (χ2v) is 8.12. The SMILES string of the molecule is CC(C)Oc1ccc(NC(=O)c2cccc(S(=O)(=O)c3cnccn3)c2)cc1. The Morgan fingerprint density at radius 2 is 1.82 bits per heavy atom. The summed E-state index contributed by atoms with van der Waals surface area (Å²) in [6.45, 7) is 3.86. The molecule has 1 amide bonds. The zero-order valence-corrected chi connectivity index (χ0v) is 16.2. The van der Waals surface area contributed by atoms with Crippen LogP contribution in [0.15, 0.2) is 77.0 Å². The van der Waals surface area contributed by atoms with Gasteiger partial charge in [-0.25, -0.2) is 13.4 Å². The summed E-state index contributed by atoms with van der Waals surface area (Å²) in [5, 5.41) is 2.57. The summed E-state index contributed by atoms with van der Waals surface area (Å²) in [6, 6.07) is 12.7. The van der Waals surface area contributed by atoms with Gasteiger partial charge in [-0.05, 0) is 56.3 Å². The zero-order chi connectivity index (χ0) is 20.1. The van der Waals surface area contributed by atoms with Crippen LogP contribution in [0, 0.1) is 0 Å². The Morgan fingerprint density at radius 1 is 1.07 bits per heavy atom. The minimum absolute atomic E-state index is 0.0265. The summed E-state index contributed by atoms with van der Waals surface area (Å²) in [7, 11) is -3.86. The average Bonchev–Trinajstić information content (AvgIpc) is 2.70. The number of hydrogen-bond acceptors (Lipinski definition) is 6. The number of nitrogens with zero attached hydrogens (tertiary/aromatic N) is 2. The van der Waals surface area contributed by atoms with Crippen molar-refractivity contribution < 1.29 is 17.9 Å². The number of hydrogen-bond donors (Lipinski definition) is 1. The monoisotopic (exact) mass is 397 g/mol. The molecule has 0 unspecified atom stereocenters. The van der Waals surface area contributed by atoms with Crippen LogP contribution in [-0.2, 0) is 9.84 Å². The highest BCUT2D eigenvalue weighted by atomic mass is 32.2. The van der Waals surface area contributed by atoms with E-state index in [4.69, 9.17) is 4.74 Å². The van der Waals surface area contributed by atoms with Gasteiger partial charge in [0.2, 0.25) is 9.84 Å². The van der Waals surface area contributed by atoms with Crippen molar-refractivity contribution in [3.05, 3.63) is 72.7 Å². The van der Waals surface area contributed by atoms with Gasteiger partial charge in [0.1, 0.15) is 5.75 Å². The van der Waals surface area contributed by atoms with E-state index in [0.29, 0.717) is 11.4 Å². The van der Waals surface area contributed by atoms with Gasteiger partial charge < -0.3 is 10.1 Å². The van der Waals surface area contributed by atoms with Gasteiger partial charge in [-0.3, -0.25) is 9.78 Å². The first kappa shape index (κ1) is 19.5. The molecule has 2 aromatic carbocycles. The van der Waals surface area contributed by atoms with E-state index in [0.717, 1.165) is 0 Å². The van der Waals surface area contributed by atoms with E-state index >= 15 is 0 Å². The Morgan fingerprint density at radius 3 is 2.46 bits per heavy atom. The number of sulfone groups is 1. The number of carbonyl (C=O) groups is 1. The molecule has 7 nitrogen and oxygen atoms in total. The normalized spacial score (nSPS) is 11.2. The van der Waals surface area contributed by atoms with Gasteiger partial charge in [0.25, 0.3) is 5.91 Å². The molecule has 3 rings (SSSR count). The molecule has 1 aromatic heterocycles. The molecule has 0 aliphatic rings. The first-order chi connectivity index (χ1) is 13.4. The molecule has 8 heteroatoms. The van der Waals surface area contributed by atoms with Crippen LogP contribution in [-0.4, -0.2) is 30.4 Å². The zero-order valence-electron chi connectivity index (χ0n) is 15.4. The Bertz CT molecular complexity index is 1070. The lowest BCUT2D eigenvalue weighted by Gasteiger charge is -2.11. The number of aromatic nitrogens is 2. The third kappa shape index (κ3) is 4.52. The first-order valence-electron chi connectivity index (χ1n) is 8.55. The molecular weight excluding hydrogens is 378 g/mol. The highest BCUT2D eigenvalue weighted by Crippen LogP contribution is 2.21. The third-order valence-electron chi connectivity index (χ3n) is 3.71. The topological polar surface area (TPSA) is 98.2 Å². The fourth-order valence-electron chi connectivity index (χ4n) is 2.44. The summed E-state index contributed by atoms with van der Waals surface area (Å²) in [5.74, 6) is 0.277. The van der Waals surface area contributed by atoms with Crippen molar-refractivity contribution in [1.29, 1.82) is 0 Å². The smallest absolute Gasteiger partial charge is 0.255 e. The molecule has 0 saturated carbocycles. The first-order valence-corrected chi connectivity index (χ1v) is 10.0. The van der Waals surface area contributed by atoms with Crippen molar-refractivity contribution in [3.8, 4) is 5.75 Å². The van der Waals surface area contributed by atoms with E-state index in [-0.39, 0.29) is 21.6 Å². The largest absolute Gasteiger partial charge is 0.491 e. The Labute approximate surface area is 163 Å². The van der Waals surface area contributed by atoms with Crippen LogP contribution >= 0.6 is 0 Å². The van der Waals surface area contributed by atoms with E-state index in [1.807, 2.05) is 13.8 Å². The van der Waals surface area contributed by atoms with Crippen molar-refractivity contribution >= 4 is 21.4 Å². The molecule has 0 aliphatic carbocycles. The van der Waals surface area contributed by atoms with Crippen LogP contribution < -0.4 is 10.1 Å². The minimum Gasteiger partial charge on any atom is -0.491 e. The Balaban J connectivity index is 1.79. The van der Waals surface area contributed by atoms with Crippen molar-refractivity contribution in [2.45, 2.75) is 29.9 Å². The second-order valence-electron chi connectivity index (χ2n) is 6.22. The minimum atomic E-state index is -3.86. The number of benzene rings is 2. The van der Waals surface area contributed by atoms with Crippen molar-refractivity contribution in [2.24, 2.45) is 0 Å². The fourth-order valence-corrected chi connectivity index (χ4v) is 3.62. The maximum atomic E-state index is 12.6. The van der Waals surface area contributed by atoms with E-state index in [2.05, 4.69) is 15.3 Å². The van der Waals surface area contributed by atoms with E-state index in [9.17, 15) is 13.2 Å². The molecule has 1 heterocycles. The number of anilines is 1. The van der Waals surface area contributed by atoms with Crippen molar-refractivity contribution in [3.63, 3.8) is 0 Å². The maximum absolute atomic E-state index is 12.6. The van der Waals surface area contributed by atoms with Gasteiger partial charge in [0.15, 0.2) is 5.03 Å². The molecule has 0 saturated heterocycles. The molecule has 0 bridgehead atoms. The average molecular weight is 397 g/mol. The second kappa shape index (κ2) is 8.18. The lowest BCUT2D eigenvalue weighted by Crippen LogP contribution is -2.13. The number of nitrogens with one attached hydrogen (secondary N) is 1. The molecule has 3 aromatic rings. The molecule has 0 fully saturated rings. The van der Waals surface area contributed by atoms with Gasteiger partial charge in [-0.2, -0.15) is 0 Å². The standard InChI is InChI=1S/C20H19N3O4S/c1-14(2)27-17-8-6-16(7-9-17)23-20(24)15-4-3-5-18(12-15)28(25,26)19-13-21-10-11-22-19/h3-14H,1-2H3,(H,23,24). The number of ether oxygens (including phenoxy) is 1. The summed E-state index contributed by atoms with van der Waals surface area (Å²) in [4.78, 5) is 20.1. The number of rotatable bonds is 6. The maximum Gasteiger partial charge on any atom is 0.255 e. The molecule has 0 radical (unpaired) electrons. The van der Waals surface area contributed by atoms with Gasteiger partial charge in [0, 0.05) is 23.6 Å². The fraction of sp³-hybridized carbons (Fsp3) is 0.150. The van der Waals surface area contributed by atoms with Gasteiger partial charge in [-0.1, -0.05) is 6.07 Å². The predicted octanol–water partition coefficient (Wildman–Crippen LogP) is 3.35. The molecule has 28 heavy (non-hydrogen) atoms. The van der Waals surface area contributed by atoms with Gasteiger partial charge >= 0.3 is 0 Å². The Hall–Kier alpha value is -3.26. The summed E-state index contributed by atoms with van der Waals surface area (Å²) in [6.07, 6.45) is 3.92. The van der Waals surface area contributed by atoms with Crippen LogP contribution in [0.5, 0.6) is 5.75 Å². The molecule has 0 atom stereocenters. The highest BCUT2D eigenvalue weighted by molar-refractivity contribution is 7.91. The lowest BCUT2D eigenvalue weighted by atomic mass is 10.2. The molecule has 0 spiro atoms. The van der Waals surface area contributed by atoms with Crippen LogP contribution in [0.1, 0.15) is 24.2 Å². The highest BCUT2D eigenvalue weighted by Gasteiger charge is 2.20. The lowest BCUT2D eigenvalue weighted by molar-refractivity contribution is 0.102. The van der Waals surface area contributed by atoms with Crippen LogP contribution in [0.2, 0.25) is 0 Å². The van der Waals surface area contributed by atoms with E-state index < -0.39 is 15.7 Å². The van der Waals surface area contributed by atoms with Gasteiger partial charge in [-0.15, -0.1) is 0 Å². The van der Waals surface area contributed by atoms with Crippen molar-refractivity contribution in [1.82, 2.24) is 9.97 Å². The summed E-state index contributed by atoms with van der Waals surface area (Å²) < 4.78 is 30.9. The molecule has 1 N–H and O–H groups in total. The molecule has 0 aliphatic heterocycles. The van der Waals surface area contributed by atoms with Crippen LogP contribution in [0.4, 0.5) is 5.69 Å². The summed E-state index contributed by atoms with van der Waals surface area (Å²) in [5.41, 5.74) is 0.788. The summed E-state index contributed by atoms with van der Waals surface area (Å²) >= 11 is 0. The molecule has 144 valence electrons. The predicted molar refractivity (Wildman–Crippen MR) is 104 cm³/mol. The third-order valence-corrected chi connectivity index (χ3v) is 5.34. The quantitative estimate of drug-likeness (QED) is 0.685. The van der Waals surface area contributed by atoms with Crippen molar-refractivity contribution in [2.75, 3.05) is 5.32 Å². The molecular formula is C20H19N3O4S. The van der Waals surface area contributed by atoms with Gasteiger partial charge in [0.05, 0.1) is 17.2 Å². The number of carbonyl (C=O) groups excluding carboxylic acids is 1. The number of amides is 1.